The number of likely N-dealkylation sites (tertiary alicyclic amines) is 1. The number of carbonyl (C=O) groups is 1. The molecule has 1 aliphatic rings. The number of hydrogen-bond donors (Lipinski definition) is 1. The van der Waals surface area contributed by atoms with Crippen molar-refractivity contribution < 1.29 is 19.1 Å². The van der Waals surface area contributed by atoms with Gasteiger partial charge in [-0.2, -0.15) is 0 Å². The van der Waals surface area contributed by atoms with Crippen molar-refractivity contribution in [2.24, 2.45) is 0 Å². The Morgan fingerprint density at radius 1 is 1.21 bits per heavy atom. The number of aliphatic hydroxyl groups is 1. The summed E-state index contributed by atoms with van der Waals surface area (Å²) in [4.78, 5) is 26.4. The summed E-state index contributed by atoms with van der Waals surface area (Å²) >= 11 is 5.91. The van der Waals surface area contributed by atoms with Gasteiger partial charge in [0.2, 0.25) is 0 Å². The molecule has 2 aromatic carbocycles. The fraction of sp³-hybridized carbons (Fsp3) is 0.273. The van der Waals surface area contributed by atoms with Gasteiger partial charge in [0.15, 0.2) is 6.61 Å². The second-order valence-electron chi connectivity index (χ2n) is 7.01. The van der Waals surface area contributed by atoms with E-state index in [0.29, 0.717) is 28.5 Å². The second-order valence-corrected chi connectivity index (χ2v) is 7.44. The Morgan fingerprint density at radius 3 is 2.76 bits per heavy atom. The van der Waals surface area contributed by atoms with Gasteiger partial charge in [0.25, 0.3) is 5.91 Å². The summed E-state index contributed by atoms with van der Waals surface area (Å²) in [6.07, 6.45) is 1.69. The highest BCUT2D eigenvalue weighted by molar-refractivity contribution is 6.30. The van der Waals surface area contributed by atoms with Crippen molar-refractivity contribution in [3.05, 3.63) is 64.0 Å². The minimum Gasteiger partial charge on any atom is -0.484 e. The maximum absolute atomic E-state index is 12.4. The van der Waals surface area contributed by atoms with Gasteiger partial charge < -0.3 is 19.2 Å². The van der Waals surface area contributed by atoms with Crippen LogP contribution in [0.25, 0.3) is 22.1 Å². The molecule has 1 aliphatic heterocycles. The van der Waals surface area contributed by atoms with Crippen LogP contribution in [0.1, 0.15) is 12.8 Å². The normalized spacial score (nSPS) is 16.3. The van der Waals surface area contributed by atoms with Crippen LogP contribution in [-0.4, -0.2) is 41.7 Å². The number of halogens is 1. The quantitative estimate of drug-likeness (QED) is 0.648. The fourth-order valence-electron chi connectivity index (χ4n) is 3.59. The summed E-state index contributed by atoms with van der Waals surface area (Å²) in [6, 6.07) is 13.7. The molecule has 0 radical (unpaired) electrons. The number of benzene rings is 2. The first kappa shape index (κ1) is 19.5. The first-order chi connectivity index (χ1) is 14.0. The van der Waals surface area contributed by atoms with Gasteiger partial charge in [-0.25, -0.2) is 4.79 Å². The van der Waals surface area contributed by atoms with Gasteiger partial charge in [-0.05, 0) is 48.7 Å². The van der Waals surface area contributed by atoms with Crippen LogP contribution in [0.2, 0.25) is 5.02 Å². The number of amides is 1. The third kappa shape index (κ3) is 4.13. The van der Waals surface area contributed by atoms with Gasteiger partial charge in [0.05, 0.1) is 18.2 Å². The Morgan fingerprint density at radius 2 is 2.00 bits per heavy atom. The molecular weight excluding hydrogens is 394 g/mol. The molecule has 1 saturated heterocycles. The van der Waals surface area contributed by atoms with E-state index in [0.717, 1.165) is 23.8 Å². The molecule has 29 heavy (non-hydrogen) atoms. The number of rotatable bonds is 5. The summed E-state index contributed by atoms with van der Waals surface area (Å²) in [5.74, 6) is 0.272. The number of hydrogen-bond acceptors (Lipinski definition) is 5. The molecule has 0 aliphatic carbocycles. The first-order valence-electron chi connectivity index (χ1n) is 9.42. The van der Waals surface area contributed by atoms with E-state index in [1.807, 2.05) is 0 Å². The molecule has 1 amide bonds. The predicted octanol–water partition coefficient (Wildman–Crippen LogP) is 3.48. The molecule has 150 valence electrons. The smallest absolute Gasteiger partial charge is 0.344 e. The van der Waals surface area contributed by atoms with E-state index in [-0.39, 0.29) is 25.2 Å². The molecule has 4 rings (SSSR count). The van der Waals surface area contributed by atoms with E-state index in [2.05, 4.69) is 0 Å². The van der Waals surface area contributed by atoms with Gasteiger partial charge in [-0.1, -0.05) is 23.7 Å². The van der Waals surface area contributed by atoms with E-state index in [9.17, 15) is 14.7 Å². The minimum absolute atomic E-state index is 0.0389. The lowest BCUT2D eigenvalue weighted by atomic mass is 10.1. The van der Waals surface area contributed by atoms with Crippen LogP contribution in [0.5, 0.6) is 5.75 Å². The number of fused-ring (bicyclic) bond motifs is 1. The van der Waals surface area contributed by atoms with E-state index in [4.69, 9.17) is 20.8 Å². The summed E-state index contributed by atoms with van der Waals surface area (Å²) in [5.41, 5.74) is 1.09. The fourth-order valence-corrected chi connectivity index (χ4v) is 3.72. The van der Waals surface area contributed by atoms with Crippen molar-refractivity contribution in [1.29, 1.82) is 0 Å². The van der Waals surface area contributed by atoms with E-state index >= 15 is 0 Å². The lowest BCUT2D eigenvalue weighted by molar-refractivity contribution is -0.134. The lowest BCUT2D eigenvalue weighted by Gasteiger charge is -2.22. The Hall–Kier alpha value is -2.83. The first-order valence-corrected chi connectivity index (χ1v) is 9.80. The number of aliphatic hydroxyl groups excluding tert-OH is 1. The monoisotopic (exact) mass is 413 g/mol. The third-order valence-electron chi connectivity index (χ3n) is 5.13. The number of nitrogens with zero attached hydrogens (tertiary/aromatic N) is 1. The zero-order chi connectivity index (χ0) is 20.4. The molecule has 0 spiro atoms. The van der Waals surface area contributed by atoms with E-state index < -0.39 is 5.63 Å². The molecule has 1 fully saturated rings. The third-order valence-corrected chi connectivity index (χ3v) is 5.39. The summed E-state index contributed by atoms with van der Waals surface area (Å²) in [6.45, 7) is 0.464. The molecule has 1 aromatic heterocycles. The van der Waals surface area contributed by atoms with E-state index in [1.165, 1.54) is 0 Å². The second kappa shape index (κ2) is 8.27. The van der Waals surface area contributed by atoms with Gasteiger partial charge in [-0.15, -0.1) is 0 Å². The van der Waals surface area contributed by atoms with Crippen molar-refractivity contribution >= 4 is 28.5 Å². The van der Waals surface area contributed by atoms with Gasteiger partial charge >= 0.3 is 5.63 Å². The van der Waals surface area contributed by atoms with E-state index in [1.54, 1.807) is 53.4 Å². The molecule has 0 saturated carbocycles. The Kier molecular flexibility index (Phi) is 5.56. The standard InChI is InChI=1S/C22H20ClNO5/c23-16-6-3-14(4-7-16)19-10-15-5-8-18(11-20(15)29-22(19)27)28-13-21(26)24-9-1-2-17(24)12-25/h3-8,10-11,17,25H,1-2,9,12-13H2/t17-/m1/s1. The Labute approximate surface area is 172 Å². The molecule has 0 bridgehead atoms. The maximum atomic E-state index is 12.4. The summed E-state index contributed by atoms with van der Waals surface area (Å²) in [7, 11) is 0. The Balaban J connectivity index is 1.52. The number of ether oxygens (including phenoxy) is 1. The van der Waals surface area contributed by atoms with Gasteiger partial charge in [0, 0.05) is 23.0 Å². The molecular formula is C22H20ClNO5. The number of carbonyl (C=O) groups excluding carboxylic acids is 1. The zero-order valence-corrected chi connectivity index (χ0v) is 16.4. The lowest BCUT2D eigenvalue weighted by Crippen LogP contribution is -2.40. The van der Waals surface area contributed by atoms with Crippen LogP contribution >= 0.6 is 11.6 Å². The van der Waals surface area contributed by atoms with Crippen LogP contribution in [-0.2, 0) is 4.79 Å². The van der Waals surface area contributed by atoms with Crippen molar-refractivity contribution in [3.8, 4) is 16.9 Å². The molecule has 1 atom stereocenters. The van der Waals surface area contributed by atoms with Crippen molar-refractivity contribution in [2.45, 2.75) is 18.9 Å². The van der Waals surface area contributed by atoms with Gasteiger partial charge in [0.1, 0.15) is 11.3 Å². The molecule has 1 N–H and O–H groups in total. The van der Waals surface area contributed by atoms with Crippen LogP contribution < -0.4 is 10.4 Å². The van der Waals surface area contributed by atoms with Crippen LogP contribution in [0.3, 0.4) is 0 Å². The average Bonchev–Trinajstić information content (AvgIpc) is 3.21. The SMILES string of the molecule is O=C(COc1ccc2cc(-c3ccc(Cl)cc3)c(=O)oc2c1)N1CCC[C@@H]1CO. The molecule has 7 heteroatoms. The van der Waals surface area contributed by atoms with Crippen molar-refractivity contribution in [2.75, 3.05) is 19.8 Å². The predicted molar refractivity (Wildman–Crippen MR) is 110 cm³/mol. The zero-order valence-electron chi connectivity index (χ0n) is 15.6. The average molecular weight is 414 g/mol. The maximum Gasteiger partial charge on any atom is 0.344 e. The largest absolute Gasteiger partial charge is 0.484 e. The van der Waals surface area contributed by atoms with Crippen molar-refractivity contribution in [3.63, 3.8) is 0 Å². The van der Waals surface area contributed by atoms with Crippen molar-refractivity contribution in [1.82, 2.24) is 4.90 Å². The molecule has 6 nitrogen and oxygen atoms in total. The highest BCUT2D eigenvalue weighted by atomic mass is 35.5. The highest BCUT2D eigenvalue weighted by Gasteiger charge is 2.28. The molecule has 3 aromatic rings. The highest BCUT2D eigenvalue weighted by Crippen LogP contribution is 2.25. The van der Waals surface area contributed by atoms with Crippen LogP contribution in [0.15, 0.2) is 57.7 Å². The van der Waals surface area contributed by atoms with Gasteiger partial charge in [-0.3, -0.25) is 4.79 Å². The topological polar surface area (TPSA) is 80.0 Å². The van der Waals surface area contributed by atoms with Crippen LogP contribution in [0, 0.1) is 0 Å². The Bertz CT molecular complexity index is 1090. The summed E-state index contributed by atoms with van der Waals surface area (Å²) in [5, 5.41) is 10.7. The van der Waals surface area contributed by atoms with Crippen LogP contribution in [0.4, 0.5) is 0 Å². The molecule has 0 unspecified atom stereocenters. The summed E-state index contributed by atoms with van der Waals surface area (Å²) < 4.78 is 11.1. The minimum atomic E-state index is -0.462. The molecule has 2 heterocycles.